The van der Waals surface area contributed by atoms with Crippen LogP contribution in [0.25, 0.3) is 5.57 Å². The number of hydrogen-bond donors (Lipinski definition) is 1. The Morgan fingerprint density at radius 3 is 2.62 bits per heavy atom. The summed E-state index contributed by atoms with van der Waals surface area (Å²) >= 11 is 0. The number of carbonyl (C=O) groups excluding carboxylic acids is 1. The van der Waals surface area contributed by atoms with Gasteiger partial charge in [0.2, 0.25) is 5.91 Å². The van der Waals surface area contributed by atoms with Gasteiger partial charge in [-0.15, -0.1) is 0 Å². The molecule has 172 valence electrons. The minimum absolute atomic E-state index is 0.0476. The number of aryl methyl sites for hydroxylation is 2. The number of methoxy groups -OCH3 is 1. The summed E-state index contributed by atoms with van der Waals surface area (Å²) in [6, 6.07) is 10.4. The van der Waals surface area contributed by atoms with Crippen LogP contribution in [0.15, 0.2) is 61.0 Å². The van der Waals surface area contributed by atoms with Gasteiger partial charge in [0, 0.05) is 24.5 Å². The van der Waals surface area contributed by atoms with Crippen molar-refractivity contribution in [2.45, 2.75) is 71.8 Å². The molecular formula is C28H38N2O2. The molecular weight excluding hydrogens is 396 g/mol. The first kappa shape index (κ1) is 25.4. The van der Waals surface area contributed by atoms with E-state index in [1.165, 1.54) is 35.1 Å². The fourth-order valence-corrected chi connectivity index (χ4v) is 3.68. The summed E-state index contributed by atoms with van der Waals surface area (Å²) in [5.41, 5.74) is 4.85. The molecule has 0 unspecified atom stereocenters. The molecule has 1 amide bonds. The topological polar surface area (TPSA) is 51.2 Å². The molecule has 4 nitrogen and oxygen atoms in total. The number of ether oxygens (including phenoxy) is 1. The maximum Gasteiger partial charge on any atom is 0.244 e. The van der Waals surface area contributed by atoms with E-state index in [0.717, 1.165) is 37.9 Å². The number of amides is 1. The van der Waals surface area contributed by atoms with Gasteiger partial charge in [0.25, 0.3) is 0 Å². The van der Waals surface area contributed by atoms with Gasteiger partial charge in [-0.25, -0.2) is 0 Å². The van der Waals surface area contributed by atoms with E-state index in [0.29, 0.717) is 0 Å². The van der Waals surface area contributed by atoms with Crippen molar-refractivity contribution in [1.82, 2.24) is 10.3 Å². The van der Waals surface area contributed by atoms with Crippen molar-refractivity contribution in [2.24, 2.45) is 0 Å². The van der Waals surface area contributed by atoms with Gasteiger partial charge in [-0.2, -0.15) is 0 Å². The maximum absolute atomic E-state index is 12.3. The first-order valence-electron chi connectivity index (χ1n) is 11.7. The monoisotopic (exact) mass is 434 g/mol. The van der Waals surface area contributed by atoms with Crippen molar-refractivity contribution < 1.29 is 9.53 Å². The molecule has 1 aromatic carbocycles. The number of nitrogens with one attached hydrogen (secondary N) is 1. The Bertz CT molecular complexity index is 885. The zero-order valence-electron chi connectivity index (χ0n) is 20.1. The van der Waals surface area contributed by atoms with Gasteiger partial charge in [-0.1, -0.05) is 50.1 Å². The molecule has 0 aliphatic rings. The molecule has 0 radical (unpaired) electrons. The lowest BCUT2D eigenvalue weighted by Crippen LogP contribution is -2.31. The van der Waals surface area contributed by atoms with E-state index in [9.17, 15) is 4.79 Å². The average molecular weight is 435 g/mol. The molecule has 2 aromatic rings. The number of unbranched alkanes of at least 4 members (excludes halogenated alkanes) is 2. The number of aromatic nitrogens is 1. The highest BCUT2D eigenvalue weighted by Crippen LogP contribution is 2.23. The zero-order valence-corrected chi connectivity index (χ0v) is 20.1. The molecule has 0 aliphatic carbocycles. The van der Waals surface area contributed by atoms with Gasteiger partial charge in [-0.05, 0) is 80.3 Å². The summed E-state index contributed by atoms with van der Waals surface area (Å²) < 4.78 is 5.27. The van der Waals surface area contributed by atoms with Crippen LogP contribution in [0.5, 0.6) is 5.75 Å². The molecule has 2 rings (SSSR count). The van der Waals surface area contributed by atoms with Crippen LogP contribution in [0, 0.1) is 6.92 Å². The summed E-state index contributed by atoms with van der Waals surface area (Å²) in [5.74, 6) is 0.804. The first-order valence-corrected chi connectivity index (χ1v) is 11.7. The lowest BCUT2D eigenvalue weighted by molar-refractivity contribution is -0.117. The molecule has 0 aliphatic heterocycles. The summed E-state index contributed by atoms with van der Waals surface area (Å²) in [6.07, 6.45) is 16.8. The summed E-state index contributed by atoms with van der Waals surface area (Å²) in [6.45, 7) is 6.33. The first-order chi connectivity index (χ1) is 15.5. The fourth-order valence-electron chi connectivity index (χ4n) is 3.68. The highest BCUT2D eigenvalue weighted by atomic mass is 16.5. The van der Waals surface area contributed by atoms with Gasteiger partial charge in [0.05, 0.1) is 7.11 Å². The molecule has 0 bridgehead atoms. The van der Waals surface area contributed by atoms with E-state index in [1.807, 2.05) is 30.6 Å². The molecule has 0 fully saturated rings. The molecule has 0 saturated heterocycles. The summed E-state index contributed by atoms with van der Waals surface area (Å²) in [4.78, 5) is 16.6. The number of carbonyl (C=O) groups is 1. The van der Waals surface area contributed by atoms with Crippen LogP contribution < -0.4 is 10.1 Å². The van der Waals surface area contributed by atoms with Crippen molar-refractivity contribution in [2.75, 3.05) is 7.11 Å². The lowest BCUT2D eigenvalue weighted by atomic mass is 9.99. The Labute approximate surface area is 193 Å². The second-order valence-electron chi connectivity index (χ2n) is 8.41. The average Bonchev–Trinajstić information content (AvgIpc) is 2.78. The van der Waals surface area contributed by atoms with Crippen LogP contribution in [0.1, 0.15) is 69.1 Å². The second-order valence-corrected chi connectivity index (χ2v) is 8.41. The largest absolute Gasteiger partial charge is 0.497 e. The van der Waals surface area contributed by atoms with Gasteiger partial charge >= 0.3 is 0 Å². The third-order valence-corrected chi connectivity index (χ3v) is 5.48. The Morgan fingerprint density at radius 2 is 1.94 bits per heavy atom. The predicted octanol–water partition coefficient (Wildman–Crippen LogP) is 6.45. The van der Waals surface area contributed by atoms with E-state index in [1.54, 1.807) is 13.2 Å². The molecule has 1 N–H and O–H groups in total. The molecule has 0 spiro atoms. The quantitative estimate of drug-likeness (QED) is 0.224. The Kier molecular flexibility index (Phi) is 11.3. The number of benzene rings is 1. The van der Waals surface area contributed by atoms with Crippen LogP contribution in [0.2, 0.25) is 0 Å². The standard InChI is InChI=1S/C28H38N2O2/c1-5-6-7-12-25(26-15-17-27(32-4)18-16-26)13-9-14-28(31)30-23(3)10-8-11-24-19-22(2)20-29-21-24/h9,13-21,23H,5-8,10-12H2,1-4H3,(H,30,31)/t23-/m1/s1. The van der Waals surface area contributed by atoms with Gasteiger partial charge in [0.1, 0.15) is 5.75 Å². The Morgan fingerprint density at radius 1 is 1.16 bits per heavy atom. The normalized spacial score (nSPS) is 12.7. The van der Waals surface area contributed by atoms with Crippen LogP contribution in [-0.2, 0) is 11.2 Å². The smallest absolute Gasteiger partial charge is 0.244 e. The van der Waals surface area contributed by atoms with E-state index in [2.05, 4.69) is 55.3 Å². The van der Waals surface area contributed by atoms with E-state index in [-0.39, 0.29) is 11.9 Å². The molecule has 0 saturated carbocycles. The van der Waals surface area contributed by atoms with Gasteiger partial charge in [-0.3, -0.25) is 9.78 Å². The number of hydrogen-bond acceptors (Lipinski definition) is 3. The van der Waals surface area contributed by atoms with Crippen LogP contribution in [-0.4, -0.2) is 24.0 Å². The van der Waals surface area contributed by atoms with E-state index < -0.39 is 0 Å². The minimum atomic E-state index is -0.0476. The molecule has 1 aromatic heterocycles. The highest BCUT2D eigenvalue weighted by molar-refractivity contribution is 5.88. The highest BCUT2D eigenvalue weighted by Gasteiger charge is 2.06. The summed E-state index contributed by atoms with van der Waals surface area (Å²) in [7, 11) is 1.68. The third kappa shape index (κ3) is 9.51. The molecule has 1 heterocycles. The number of allylic oxidation sites excluding steroid dienone is 3. The van der Waals surface area contributed by atoms with E-state index >= 15 is 0 Å². The second kappa shape index (κ2) is 14.2. The Hall–Kier alpha value is -2.88. The molecule has 4 heteroatoms. The van der Waals surface area contributed by atoms with Crippen LogP contribution in [0.4, 0.5) is 0 Å². The van der Waals surface area contributed by atoms with Crippen molar-refractivity contribution in [3.05, 3.63) is 77.6 Å². The third-order valence-electron chi connectivity index (χ3n) is 5.48. The van der Waals surface area contributed by atoms with Crippen molar-refractivity contribution in [1.29, 1.82) is 0 Å². The van der Waals surface area contributed by atoms with Crippen molar-refractivity contribution in [3.63, 3.8) is 0 Å². The lowest BCUT2D eigenvalue weighted by Gasteiger charge is -2.12. The molecule has 32 heavy (non-hydrogen) atoms. The van der Waals surface area contributed by atoms with Crippen LogP contribution >= 0.6 is 0 Å². The number of nitrogens with zero attached hydrogens (tertiary/aromatic N) is 1. The van der Waals surface area contributed by atoms with Crippen LogP contribution in [0.3, 0.4) is 0 Å². The fraction of sp³-hybridized carbons (Fsp3) is 0.429. The van der Waals surface area contributed by atoms with Crippen molar-refractivity contribution in [3.8, 4) is 5.75 Å². The predicted molar refractivity (Wildman–Crippen MR) is 134 cm³/mol. The van der Waals surface area contributed by atoms with Crippen molar-refractivity contribution >= 4 is 11.5 Å². The van der Waals surface area contributed by atoms with Gasteiger partial charge in [0.15, 0.2) is 0 Å². The summed E-state index contributed by atoms with van der Waals surface area (Å²) in [5, 5.41) is 3.07. The van der Waals surface area contributed by atoms with Gasteiger partial charge < -0.3 is 10.1 Å². The van der Waals surface area contributed by atoms with E-state index in [4.69, 9.17) is 4.74 Å². The number of pyridine rings is 1. The molecule has 1 atom stereocenters. The SMILES string of the molecule is CCCCCC(=CC=CC(=O)N[C@H](C)CCCc1cncc(C)c1)c1ccc(OC)cc1. The minimum Gasteiger partial charge on any atom is -0.497 e. The zero-order chi connectivity index (χ0) is 23.2. The Balaban J connectivity index is 1.86. The number of rotatable bonds is 13. The maximum atomic E-state index is 12.3.